The van der Waals surface area contributed by atoms with E-state index in [2.05, 4.69) is 21.2 Å². The van der Waals surface area contributed by atoms with Gasteiger partial charge in [0.1, 0.15) is 5.75 Å². The van der Waals surface area contributed by atoms with Crippen molar-refractivity contribution in [1.82, 2.24) is 0 Å². The van der Waals surface area contributed by atoms with Crippen molar-refractivity contribution in [3.05, 3.63) is 62.6 Å². The Morgan fingerprint density at radius 3 is 2.60 bits per heavy atom. The normalized spacial score (nSPS) is 10.1. The topological polar surface area (TPSA) is 92.5 Å². The zero-order valence-corrected chi connectivity index (χ0v) is 11.6. The summed E-state index contributed by atoms with van der Waals surface area (Å²) in [5.74, 6) is -0.635. The van der Waals surface area contributed by atoms with Crippen molar-refractivity contribution in [1.29, 1.82) is 0 Å². The number of para-hydroxylation sites is 2. The van der Waals surface area contributed by atoms with Crippen molar-refractivity contribution >= 4 is 33.2 Å². The second kappa shape index (κ2) is 5.70. The van der Waals surface area contributed by atoms with Gasteiger partial charge in [-0.2, -0.15) is 0 Å². The van der Waals surface area contributed by atoms with Crippen LogP contribution in [0.1, 0.15) is 10.4 Å². The van der Waals surface area contributed by atoms with Crippen LogP contribution in [0, 0.1) is 10.1 Å². The first-order valence-corrected chi connectivity index (χ1v) is 6.31. The number of nitro groups is 1. The lowest BCUT2D eigenvalue weighted by atomic mass is 10.2. The molecule has 0 aliphatic rings. The Balaban J connectivity index is 2.32. The Bertz CT molecular complexity index is 688. The van der Waals surface area contributed by atoms with Crippen molar-refractivity contribution in [3.8, 4) is 5.75 Å². The first kappa shape index (κ1) is 14.0. The maximum absolute atomic E-state index is 12.1. The maximum Gasteiger partial charge on any atom is 0.270 e. The molecule has 6 nitrogen and oxygen atoms in total. The van der Waals surface area contributed by atoms with Crippen molar-refractivity contribution in [2.45, 2.75) is 0 Å². The fraction of sp³-hybridized carbons (Fsp3) is 0. The monoisotopic (exact) mass is 336 g/mol. The number of phenols is 1. The van der Waals surface area contributed by atoms with E-state index in [0.29, 0.717) is 4.47 Å². The van der Waals surface area contributed by atoms with Gasteiger partial charge in [-0.15, -0.1) is 0 Å². The number of hydrogen-bond donors (Lipinski definition) is 2. The van der Waals surface area contributed by atoms with Crippen LogP contribution >= 0.6 is 15.9 Å². The lowest BCUT2D eigenvalue weighted by molar-refractivity contribution is -0.384. The van der Waals surface area contributed by atoms with Gasteiger partial charge in [-0.05, 0) is 34.1 Å². The number of carbonyl (C=O) groups excluding carboxylic acids is 1. The molecule has 2 N–H and O–H groups in total. The summed E-state index contributed by atoms with van der Waals surface area (Å²) in [7, 11) is 0. The predicted molar refractivity (Wildman–Crippen MR) is 76.9 cm³/mol. The predicted octanol–water partition coefficient (Wildman–Crippen LogP) is 3.32. The van der Waals surface area contributed by atoms with Crippen LogP contribution in [0.25, 0.3) is 0 Å². The molecule has 0 heterocycles. The number of anilines is 1. The zero-order valence-electron chi connectivity index (χ0n) is 10.0. The Kier molecular flexibility index (Phi) is 3.99. The van der Waals surface area contributed by atoms with Crippen LogP contribution in [0.4, 0.5) is 11.4 Å². The van der Waals surface area contributed by atoms with E-state index in [9.17, 15) is 20.0 Å². The molecule has 1 amide bonds. The van der Waals surface area contributed by atoms with Crippen LogP contribution in [-0.4, -0.2) is 15.9 Å². The summed E-state index contributed by atoms with van der Waals surface area (Å²) in [5, 5.41) is 22.8. The molecule has 0 radical (unpaired) electrons. The van der Waals surface area contributed by atoms with Crippen molar-refractivity contribution < 1.29 is 14.8 Å². The standard InChI is InChI=1S/C13H9BrN2O4/c14-10-6-5-8(16(19)20)7-9(10)13(18)15-11-3-1-2-4-12(11)17/h1-7,17H,(H,15,18). The zero-order chi connectivity index (χ0) is 14.7. The SMILES string of the molecule is O=C(Nc1ccccc1O)c1cc([N+](=O)[O-])ccc1Br. The molecule has 2 aromatic rings. The van der Waals surface area contributed by atoms with Crippen LogP contribution in [0.5, 0.6) is 5.75 Å². The number of aromatic hydroxyl groups is 1. The second-order valence-corrected chi connectivity index (χ2v) is 4.75. The molecule has 2 aromatic carbocycles. The van der Waals surface area contributed by atoms with Gasteiger partial charge in [0.2, 0.25) is 0 Å². The first-order valence-electron chi connectivity index (χ1n) is 5.52. The minimum Gasteiger partial charge on any atom is -0.506 e. The van der Waals surface area contributed by atoms with Crippen LogP contribution < -0.4 is 5.32 Å². The fourth-order valence-corrected chi connectivity index (χ4v) is 2.00. The number of amides is 1. The van der Waals surface area contributed by atoms with E-state index in [4.69, 9.17) is 0 Å². The lowest BCUT2D eigenvalue weighted by Gasteiger charge is -2.08. The quantitative estimate of drug-likeness (QED) is 0.510. The highest BCUT2D eigenvalue weighted by Crippen LogP contribution is 2.26. The van der Waals surface area contributed by atoms with Crippen molar-refractivity contribution in [2.24, 2.45) is 0 Å². The molecule has 0 aromatic heterocycles. The second-order valence-electron chi connectivity index (χ2n) is 3.89. The number of halogens is 1. The van der Waals surface area contributed by atoms with Gasteiger partial charge in [0.25, 0.3) is 11.6 Å². The number of nitro benzene ring substituents is 1. The minimum atomic E-state index is -0.580. The van der Waals surface area contributed by atoms with E-state index in [1.807, 2.05) is 0 Å². The van der Waals surface area contributed by atoms with Gasteiger partial charge in [0.05, 0.1) is 16.2 Å². The van der Waals surface area contributed by atoms with Gasteiger partial charge in [-0.3, -0.25) is 14.9 Å². The third-order valence-corrected chi connectivity index (χ3v) is 3.25. The molecule has 2 rings (SSSR count). The van der Waals surface area contributed by atoms with E-state index < -0.39 is 10.8 Å². The fourth-order valence-electron chi connectivity index (χ4n) is 1.57. The van der Waals surface area contributed by atoms with E-state index >= 15 is 0 Å². The Morgan fingerprint density at radius 2 is 1.95 bits per heavy atom. The summed E-state index contributed by atoms with van der Waals surface area (Å²) in [6, 6.07) is 10.1. The molecule has 7 heteroatoms. The van der Waals surface area contributed by atoms with Crippen molar-refractivity contribution in [2.75, 3.05) is 5.32 Å². The number of non-ortho nitro benzene ring substituents is 1. The van der Waals surface area contributed by atoms with E-state index in [-0.39, 0.29) is 22.7 Å². The summed E-state index contributed by atoms with van der Waals surface area (Å²) in [6.45, 7) is 0. The largest absolute Gasteiger partial charge is 0.506 e. The molecule has 0 unspecified atom stereocenters. The molecular formula is C13H9BrN2O4. The highest BCUT2D eigenvalue weighted by atomic mass is 79.9. The first-order chi connectivity index (χ1) is 9.49. The van der Waals surface area contributed by atoms with Gasteiger partial charge >= 0.3 is 0 Å². The van der Waals surface area contributed by atoms with Crippen LogP contribution in [-0.2, 0) is 0 Å². The molecule has 0 spiro atoms. The molecule has 0 saturated heterocycles. The van der Waals surface area contributed by atoms with E-state index in [1.54, 1.807) is 12.1 Å². The van der Waals surface area contributed by atoms with Gasteiger partial charge in [0, 0.05) is 16.6 Å². The molecule has 20 heavy (non-hydrogen) atoms. The summed E-state index contributed by atoms with van der Waals surface area (Å²) >= 11 is 3.17. The number of nitrogens with one attached hydrogen (secondary N) is 1. The summed E-state index contributed by atoms with van der Waals surface area (Å²) < 4.78 is 0.427. The maximum atomic E-state index is 12.1. The molecule has 0 atom stereocenters. The van der Waals surface area contributed by atoms with Crippen LogP contribution in [0.15, 0.2) is 46.9 Å². The lowest BCUT2D eigenvalue weighted by Crippen LogP contribution is -2.13. The molecule has 0 fully saturated rings. The number of benzene rings is 2. The number of hydrogen-bond acceptors (Lipinski definition) is 4. The van der Waals surface area contributed by atoms with Crippen LogP contribution in [0.2, 0.25) is 0 Å². The number of carbonyl (C=O) groups is 1. The third-order valence-electron chi connectivity index (χ3n) is 2.56. The summed E-state index contributed by atoms with van der Waals surface area (Å²) in [4.78, 5) is 22.2. The molecule has 0 bridgehead atoms. The molecular weight excluding hydrogens is 328 g/mol. The van der Waals surface area contributed by atoms with Crippen LogP contribution in [0.3, 0.4) is 0 Å². The average molecular weight is 337 g/mol. The number of rotatable bonds is 3. The van der Waals surface area contributed by atoms with Gasteiger partial charge in [-0.1, -0.05) is 12.1 Å². The molecule has 102 valence electrons. The highest BCUT2D eigenvalue weighted by Gasteiger charge is 2.16. The smallest absolute Gasteiger partial charge is 0.270 e. The third kappa shape index (κ3) is 2.94. The van der Waals surface area contributed by atoms with Crippen molar-refractivity contribution in [3.63, 3.8) is 0 Å². The number of nitrogens with zero attached hydrogens (tertiary/aromatic N) is 1. The van der Waals surface area contributed by atoms with Gasteiger partial charge < -0.3 is 10.4 Å². The molecule has 0 aliphatic heterocycles. The minimum absolute atomic E-state index is 0.0811. The summed E-state index contributed by atoms with van der Waals surface area (Å²) in [6.07, 6.45) is 0. The Labute approximate surface area is 122 Å². The summed E-state index contributed by atoms with van der Waals surface area (Å²) in [5.41, 5.74) is 0.161. The van der Waals surface area contributed by atoms with Gasteiger partial charge in [0.15, 0.2) is 0 Å². The molecule has 0 aliphatic carbocycles. The van der Waals surface area contributed by atoms with E-state index in [1.165, 1.54) is 30.3 Å². The van der Waals surface area contributed by atoms with Gasteiger partial charge in [-0.25, -0.2) is 0 Å². The average Bonchev–Trinajstić information content (AvgIpc) is 2.41. The Hall–Kier alpha value is -2.41. The molecule has 0 saturated carbocycles. The Morgan fingerprint density at radius 1 is 1.25 bits per heavy atom. The number of phenolic OH excluding ortho intramolecular Hbond substituents is 1. The highest BCUT2D eigenvalue weighted by molar-refractivity contribution is 9.10. The van der Waals surface area contributed by atoms with E-state index in [0.717, 1.165) is 0 Å².